The van der Waals surface area contributed by atoms with Gasteiger partial charge in [-0.1, -0.05) is 170 Å². The Balaban J connectivity index is 0.876. The van der Waals surface area contributed by atoms with Gasteiger partial charge in [0.2, 0.25) is 0 Å². The van der Waals surface area contributed by atoms with Crippen LogP contribution in [-0.2, 0) is 0 Å². The van der Waals surface area contributed by atoms with Crippen LogP contribution in [0.3, 0.4) is 0 Å². The Hall–Kier alpha value is -7.35. The number of aromatic nitrogens is 1. The van der Waals surface area contributed by atoms with E-state index >= 15 is 0 Å². The number of pyridine rings is 1. The number of benzene rings is 11. The van der Waals surface area contributed by atoms with Crippen molar-refractivity contribution in [3.8, 4) is 55.6 Å². The van der Waals surface area contributed by atoms with Crippen molar-refractivity contribution in [3.05, 3.63) is 200 Å². The molecule has 0 saturated carbocycles. The fourth-order valence-corrected chi connectivity index (χ4v) is 9.39. The van der Waals surface area contributed by atoms with Gasteiger partial charge in [0.15, 0.2) is 0 Å². The molecule has 0 aliphatic rings. The second kappa shape index (κ2) is 12.1. The molecule has 0 atom stereocenters. The summed E-state index contributed by atoms with van der Waals surface area (Å²) in [5, 5.41) is 15.7. The lowest BCUT2D eigenvalue weighted by molar-refractivity contribution is 1.33. The maximum Gasteiger partial charge on any atom is 0.0273 e. The maximum absolute atomic E-state index is 4.25. The highest BCUT2D eigenvalue weighted by Gasteiger charge is 2.16. The zero-order valence-electron chi connectivity index (χ0n) is 30.5. The molecule has 258 valence electrons. The molecular weight excluding hydrogens is 675 g/mol. The summed E-state index contributed by atoms with van der Waals surface area (Å²) in [4.78, 5) is 4.25. The highest BCUT2D eigenvalue weighted by Crippen LogP contribution is 2.43. The van der Waals surface area contributed by atoms with Crippen molar-refractivity contribution >= 4 is 64.6 Å². The Morgan fingerprint density at radius 3 is 1.04 bits per heavy atom. The highest BCUT2D eigenvalue weighted by atomic mass is 14.6. The van der Waals surface area contributed by atoms with E-state index in [1.54, 1.807) is 0 Å². The van der Waals surface area contributed by atoms with Gasteiger partial charge in [0.1, 0.15) is 0 Å². The van der Waals surface area contributed by atoms with Gasteiger partial charge in [-0.05, 0) is 138 Å². The summed E-state index contributed by atoms with van der Waals surface area (Å²) in [6.45, 7) is 0. The minimum atomic E-state index is 1.19. The number of hydrogen-bond donors (Lipinski definition) is 0. The van der Waals surface area contributed by atoms with Crippen LogP contribution in [0.2, 0.25) is 0 Å². The van der Waals surface area contributed by atoms with E-state index in [9.17, 15) is 0 Å². The zero-order valence-corrected chi connectivity index (χ0v) is 30.5. The minimum absolute atomic E-state index is 1.19. The van der Waals surface area contributed by atoms with Crippen LogP contribution in [0.5, 0.6) is 0 Å². The van der Waals surface area contributed by atoms with E-state index in [-0.39, 0.29) is 0 Å². The Morgan fingerprint density at radius 1 is 0.232 bits per heavy atom. The predicted molar refractivity (Wildman–Crippen MR) is 239 cm³/mol. The molecule has 0 aliphatic heterocycles. The number of hydrogen-bond acceptors (Lipinski definition) is 1. The first-order valence-corrected chi connectivity index (χ1v) is 19.3. The molecular formula is C55H33N. The zero-order chi connectivity index (χ0) is 36.7. The normalized spacial score (nSPS) is 11.9. The molecule has 0 aliphatic carbocycles. The van der Waals surface area contributed by atoms with Crippen LogP contribution >= 0.6 is 0 Å². The quantitative estimate of drug-likeness (QED) is 0.162. The fourth-order valence-electron chi connectivity index (χ4n) is 9.39. The van der Waals surface area contributed by atoms with E-state index in [2.05, 4.69) is 193 Å². The SMILES string of the molecule is c1cc(-c2ccc(-c3ccc4ccc5cccc6ccc3c4c56)cc2)cc(-c2ccc(-c3ccc4ccc5c(-c6ccncc6)ccc6ccc3c4c65)cc2)c1. The van der Waals surface area contributed by atoms with Crippen molar-refractivity contribution in [2.24, 2.45) is 0 Å². The van der Waals surface area contributed by atoms with Crippen LogP contribution in [0.25, 0.3) is 120 Å². The van der Waals surface area contributed by atoms with Gasteiger partial charge in [0.25, 0.3) is 0 Å². The van der Waals surface area contributed by atoms with E-state index in [0.717, 1.165) is 0 Å². The van der Waals surface area contributed by atoms with Gasteiger partial charge >= 0.3 is 0 Å². The molecule has 1 nitrogen and oxygen atoms in total. The first-order chi connectivity index (χ1) is 27.7. The van der Waals surface area contributed by atoms with Gasteiger partial charge in [-0.15, -0.1) is 0 Å². The number of rotatable bonds is 5. The topological polar surface area (TPSA) is 12.9 Å². The molecule has 1 aromatic heterocycles. The lowest BCUT2D eigenvalue weighted by atomic mass is 9.87. The van der Waals surface area contributed by atoms with Crippen LogP contribution in [0.4, 0.5) is 0 Å². The molecule has 0 saturated heterocycles. The van der Waals surface area contributed by atoms with Gasteiger partial charge in [0.05, 0.1) is 0 Å². The van der Waals surface area contributed by atoms with Gasteiger partial charge < -0.3 is 0 Å². The summed E-state index contributed by atoms with van der Waals surface area (Å²) in [7, 11) is 0. The molecule has 11 aromatic carbocycles. The predicted octanol–water partition coefficient (Wildman–Crippen LogP) is 15.2. The lowest BCUT2D eigenvalue weighted by Crippen LogP contribution is -1.89. The van der Waals surface area contributed by atoms with E-state index in [1.165, 1.54) is 120 Å². The average Bonchev–Trinajstić information content (AvgIpc) is 3.28. The molecule has 12 rings (SSSR count). The Labute approximate surface area is 324 Å². The summed E-state index contributed by atoms with van der Waals surface area (Å²) in [5.74, 6) is 0. The molecule has 1 heterocycles. The van der Waals surface area contributed by atoms with Gasteiger partial charge in [-0.25, -0.2) is 0 Å². The van der Waals surface area contributed by atoms with Crippen LogP contribution in [0.1, 0.15) is 0 Å². The number of nitrogens with zero attached hydrogens (tertiary/aromatic N) is 1. The Kier molecular flexibility index (Phi) is 6.70. The van der Waals surface area contributed by atoms with Gasteiger partial charge in [-0.3, -0.25) is 4.98 Å². The van der Waals surface area contributed by atoms with Crippen molar-refractivity contribution in [1.82, 2.24) is 4.98 Å². The Morgan fingerprint density at radius 2 is 0.571 bits per heavy atom. The van der Waals surface area contributed by atoms with E-state index in [4.69, 9.17) is 0 Å². The summed E-state index contributed by atoms with van der Waals surface area (Å²) < 4.78 is 0. The smallest absolute Gasteiger partial charge is 0.0273 e. The van der Waals surface area contributed by atoms with Gasteiger partial charge in [-0.2, -0.15) is 0 Å². The Bertz CT molecular complexity index is 3420. The van der Waals surface area contributed by atoms with E-state index in [1.807, 2.05) is 12.4 Å². The molecule has 0 bridgehead atoms. The largest absolute Gasteiger partial charge is 0.265 e. The highest BCUT2D eigenvalue weighted by molar-refractivity contribution is 6.28. The van der Waals surface area contributed by atoms with Crippen molar-refractivity contribution in [2.45, 2.75) is 0 Å². The first kappa shape index (κ1) is 31.0. The molecule has 12 aromatic rings. The van der Waals surface area contributed by atoms with Crippen molar-refractivity contribution in [3.63, 3.8) is 0 Å². The van der Waals surface area contributed by atoms with Crippen molar-refractivity contribution in [2.75, 3.05) is 0 Å². The second-order valence-corrected chi connectivity index (χ2v) is 15.1. The summed E-state index contributed by atoms with van der Waals surface area (Å²) in [6, 6.07) is 69.7. The molecule has 1 heteroatoms. The average molecular weight is 708 g/mol. The first-order valence-electron chi connectivity index (χ1n) is 19.3. The summed E-state index contributed by atoms with van der Waals surface area (Å²) >= 11 is 0. The summed E-state index contributed by atoms with van der Waals surface area (Å²) in [6.07, 6.45) is 3.75. The molecule has 0 spiro atoms. The molecule has 56 heavy (non-hydrogen) atoms. The van der Waals surface area contributed by atoms with E-state index in [0.29, 0.717) is 0 Å². The molecule has 0 unspecified atom stereocenters. The van der Waals surface area contributed by atoms with Gasteiger partial charge in [0, 0.05) is 12.4 Å². The lowest BCUT2D eigenvalue weighted by Gasteiger charge is -2.16. The van der Waals surface area contributed by atoms with Crippen LogP contribution in [-0.4, -0.2) is 4.98 Å². The van der Waals surface area contributed by atoms with Crippen molar-refractivity contribution < 1.29 is 0 Å². The third kappa shape index (κ3) is 4.71. The van der Waals surface area contributed by atoms with Crippen LogP contribution in [0.15, 0.2) is 200 Å². The minimum Gasteiger partial charge on any atom is -0.265 e. The molecule has 0 fully saturated rings. The third-order valence-electron chi connectivity index (χ3n) is 12.1. The van der Waals surface area contributed by atoms with Crippen LogP contribution in [0, 0.1) is 0 Å². The van der Waals surface area contributed by atoms with E-state index < -0.39 is 0 Å². The fraction of sp³-hybridized carbons (Fsp3) is 0. The molecule has 0 radical (unpaired) electrons. The summed E-state index contributed by atoms with van der Waals surface area (Å²) in [5.41, 5.74) is 12.3. The monoisotopic (exact) mass is 707 g/mol. The maximum atomic E-state index is 4.25. The third-order valence-corrected chi connectivity index (χ3v) is 12.1. The molecule has 0 amide bonds. The molecule has 0 N–H and O–H groups in total. The standard InChI is InChI=1S/C55H33N/c1-3-39-15-16-41-17-23-46(49-26-20-40(4-1)52(39)53(41)49)36-11-7-34(8-12-36)44-5-2-6-45(33-44)35-9-13-37(14-10-35)47-24-18-42-22-28-51-48(38-29-31-56-32-30-38)25-19-43-21-27-50(47)54(42)55(43)51/h1-33H. The van der Waals surface area contributed by atoms with Crippen LogP contribution < -0.4 is 0 Å². The van der Waals surface area contributed by atoms with Crippen molar-refractivity contribution in [1.29, 1.82) is 0 Å². The second-order valence-electron chi connectivity index (χ2n) is 15.1.